The molecular weight excluding hydrogens is 231 g/mol. The molecule has 5 heteroatoms. The van der Waals surface area contributed by atoms with Crippen molar-refractivity contribution in [3.63, 3.8) is 0 Å². The van der Waals surface area contributed by atoms with Gasteiger partial charge in [0.15, 0.2) is 0 Å². The Morgan fingerprint density at radius 1 is 1.38 bits per heavy atom. The summed E-state index contributed by atoms with van der Waals surface area (Å²) in [7, 11) is 1.56. The highest BCUT2D eigenvalue weighted by Crippen LogP contribution is 2.27. The predicted octanol–water partition coefficient (Wildman–Crippen LogP) is 1.49. The Morgan fingerprint density at radius 2 is 2.19 bits per heavy atom. The molecule has 0 radical (unpaired) electrons. The molecule has 0 unspecified atom stereocenters. The molecule has 2 N–H and O–H groups in total. The van der Waals surface area contributed by atoms with Crippen LogP contribution >= 0.6 is 12.4 Å². The lowest BCUT2D eigenvalue weighted by Gasteiger charge is -2.26. The second-order valence-corrected chi connectivity index (χ2v) is 3.57. The molecule has 0 saturated carbocycles. The highest BCUT2D eigenvalue weighted by atomic mass is 35.5. The molecule has 1 saturated heterocycles. The van der Waals surface area contributed by atoms with Crippen molar-refractivity contribution in [2.45, 2.75) is 6.04 Å². The predicted molar refractivity (Wildman–Crippen MR) is 63.8 cm³/mol. The Labute approximate surface area is 101 Å². The van der Waals surface area contributed by atoms with E-state index >= 15 is 0 Å². The van der Waals surface area contributed by atoms with Gasteiger partial charge in [-0.3, -0.25) is 0 Å². The van der Waals surface area contributed by atoms with Crippen molar-refractivity contribution in [2.24, 2.45) is 0 Å². The summed E-state index contributed by atoms with van der Waals surface area (Å²) in [5.41, 5.74) is 0.618. The van der Waals surface area contributed by atoms with Crippen LogP contribution in [0.4, 0.5) is 4.39 Å². The van der Waals surface area contributed by atoms with E-state index in [0.717, 1.165) is 19.6 Å². The lowest BCUT2D eigenvalue weighted by atomic mass is 10.0. The molecule has 1 fully saturated rings. The molecule has 1 aliphatic heterocycles. The van der Waals surface area contributed by atoms with Gasteiger partial charge in [-0.2, -0.15) is 0 Å². The van der Waals surface area contributed by atoms with Crippen LogP contribution < -0.4 is 15.4 Å². The molecule has 3 nitrogen and oxygen atoms in total. The summed E-state index contributed by atoms with van der Waals surface area (Å²) in [5.74, 6) is 0.395. The molecule has 0 amide bonds. The number of hydrogen-bond donors (Lipinski definition) is 2. The van der Waals surface area contributed by atoms with Gasteiger partial charge in [-0.05, 0) is 12.1 Å². The van der Waals surface area contributed by atoms with Gasteiger partial charge in [0.05, 0.1) is 13.2 Å². The van der Waals surface area contributed by atoms with Crippen molar-refractivity contribution in [3.8, 4) is 5.75 Å². The van der Waals surface area contributed by atoms with Crippen LogP contribution in [0.5, 0.6) is 5.75 Å². The first-order chi connectivity index (χ1) is 7.33. The fourth-order valence-electron chi connectivity index (χ4n) is 1.89. The van der Waals surface area contributed by atoms with Crippen LogP contribution in [-0.2, 0) is 0 Å². The topological polar surface area (TPSA) is 33.3 Å². The lowest BCUT2D eigenvalue weighted by Crippen LogP contribution is -2.43. The van der Waals surface area contributed by atoms with Crippen LogP contribution in [0.3, 0.4) is 0 Å². The molecule has 0 aliphatic carbocycles. The van der Waals surface area contributed by atoms with E-state index in [1.54, 1.807) is 19.2 Å². The van der Waals surface area contributed by atoms with Gasteiger partial charge >= 0.3 is 0 Å². The van der Waals surface area contributed by atoms with Gasteiger partial charge in [0.25, 0.3) is 0 Å². The Morgan fingerprint density at radius 3 is 2.81 bits per heavy atom. The monoisotopic (exact) mass is 246 g/mol. The maximum atomic E-state index is 13.7. The lowest BCUT2D eigenvalue weighted by molar-refractivity contribution is 0.371. The summed E-state index contributed by atoms with van der Waals surface area (Å²) in [6.45, 7) is 2.51. The zero-order valence-corrected chi connectivity index (χ0v) is 9.94. The molecule has 0 aromatic heterocycles. The van der Waals surface area contributed by atoms with Gasteiger partial charge < -0.3 is 15.4 Å². The molecule has 1 aliphatic rings. The molecule has 1 heterocycles. The number of nitrogens with one attached hydrogen (secondary N) is 2. The summed E-state index contributed by atoms with van der Waals surface area (Å²) in [6, 6.07) is 4.91. The zero-order valence-electron chi connectivity index (χ0n) is 9.13. The molecule has 2 rings (SSSR count). The zero-order chi connectivity index (χ0) is 10.7. The van der Waals surface area contributed by atoms with Crippen LogP contribution in [-0.4, -0.2) is 26.7 Å². The standard InChI is InChI=1S/C11H15FN2O.ClH/c1-15-10-4-2-3-8(12)11(10)9-7-13-5-6-14-9;/h2-4,9,13-14H,5-7H2,1H3;1H/t9-;/m0./s1. The molecule has 1 atom stereocenters. The maximum absolute atomic E-state index is 13.7. The third-order valence-electron chi connectivity index (χ3n) is 2.62. The van der Waals surface area contributed by atoms with E-state index in [1.807, 2.05) is 0 Å². The highest BCUT2D eigenvalue weighted by Gasteiger charge is 2.21. The largest absolute Gasteiger partial charge is 0.496 e. The van der Waals surface area contributed by atoms with E-state index in [0.29, 0.717) is 11.3 Å². The van der Waals surface area contributed by atoms with Gasteiger partial charge in [0.1, 0.15) is 11.6 Å². The highest BCUT2D eigenvalue weighted by molar-refractivity contribution is 5.85. The van der Waals surface area contributed by atoms with E-state index in [2.05, 4.69) is 10.6 Å². The Kier molecular flexibility index (Phi) is 4.99. The number of ether oxygens (including phenoxy) is 1. The molecule has 1 aromatic rings. The van der Waals surface area contributed by atoms with Crippen LogP contribution in [0.15, 0.2) is 18.2 Å². The number of piperazine rings is 1. The van der Waals surface area contributed by atoms with Crippen LogP contribution in [0.2, 0.25) is 0 Å². The molecular formula is C11H16ClFN2O. The fourth-order valence-corrected chi connectivity index (χ4v) is 1.89. The van der Waals surface area contributed by atoms with Crippen molar-refractivity contribution in [2.75, 3.05) is 26.7 Å². The number of benzene rings is 1. The third-order valence-corrected chi connectivity index (χ3v) is 2.62. The first-order valence-corrected chi connectivity index (χ1v) is 5.09. The minimum absolute atomic E-state index is 0. The quantitative estimate of drug-likeness (QED) is 0.830. The Bertz CT molecular complexity index is 343. The van der Waals surface area contributed by atoms with E-state index in [1.165, 1.54) is 6.07 Å². The smallest absolute Gasteiger partial charge is 0.131 e. The van der Waals surface area contributed by atoms with Crippen molar-refractivity contribution >= 4 is 12.4 Å². The van der Waals surface area contributed by atoms with Gasteiger partial charge in [-0.1, -0.05) is 6.07 Å². The van der Waals surface area contributed by atoms with Crippen molar-refractivity contribution in [3.05, 3.63) is 29.6 Å². The first kappa shape index (κ1) is 13.2. The summed E-state index contributed by atoms with van der Waals surface area (Å²) in [4.78, 5) is 0. The minimum atomic E-state index is -0.212. The van der Waals surface area contributed by atoms with Crippen molar-refractivity contribution < 1.29 is 9.13 Å². The third kappa shape index (κ3) is 2.64. The molecule has 16 heavy (non-hydrogen) atoms. The van der Waals surface area contributed by atoms with E-state index in [-0.39, 0.29) is 24.3 Å². The van der Waals surface area contributed by atoms with Gasteiger partial charge in [0.2, 0.25) is 0 Å². The molecule has 90 valence electrons. The van der Waals surface area contributed by atoms with Gasteiger partial charge in [-0.25, -0.2) is 4.39 Å². The summed E-state index contributed by atoms with van der Waals surface area (Å²) in [6.07, 6.45) is 0. The maximum Gasteiger partial charge on any atom is 0.131 e. The number of methoxy groups -OCH3 is 1. The average Bonchev–Trinajstić information content (AvgIpc) is 2.29. The first-order valence-electron chi connectivity index (χ1n) is 5.09. The van der Waals surface area contributed by atoms with Crippen LogP contribution in [0.1, 0.15) is 11.6 Å². The second kappa shape index (κ2) is 6.03. The van der Waals surface area contributed by atoms with Gasteiger partial charge in [-0.15, -0.1) is 12.4 Å². The number of halogens is 2. The minimum Gasteiger partial charge on any atom is -0.496 e. The molecule has 0 bridgehead atoms. The Hall–Kier alpha value is -0.840. The van der Waals surface area contributed by atoms with Crippen molar-refractivity contribution in [1.29, 1.82) is 0 Å². The van der Waals surface area contributed by atoms with Crippen molar-refractivity contribution in [1.82, 2.24) is 10.6 Å². The van der Waals surface area contributed by atoms with E-state index in [9.17, 15) is 4.39 Å². The van der Waals surface area contributed by atoms with Crippen LogP contribution in [0, 0.1) is 5.82 Å². The number of hydrogen-bond acceptors (Lipinski definition) is 3. The number of rotatable bonds is 2. The van der Waals surface area contributed by atoms with Gasteiger partial charge in [0, 0.05) is 25.2 Å². The summed E-state index contributed by atoms with van der Waals surface area (Å²) >= 11 is 0. The SMILES string of the molecule is COc1cccc(F)c1[C@@H]1CNCCN1.Cl. The summed E-state index contributed by atoms with van der Waals surface area (Å²) in [5, 5.41) is 6.50. The summed E-state index contributed by atoms with van der Waals surface area (Å²) < 4.78 is 18.8. The van der Waals surface area contributed by atoms with E-state index < -0.39 is 0 Å². The Balaban J connectivity index is 0.00000128. The van der Waals surface area contributed by atoms with E-state index in [4.69, 9.17) is 4.74 Å². The van der Waals surface area contributed by atoms with Crippen LogP contribution in [0.25, 0.3) is 0 Å². The molecule has 0 spiro atoms. The second-order valence-electron chi connectivity index (χ2n) is 3.57. The average molecular weight is 247 g/mol. The normalized spacial score (nSPS) is 20.0. The molecule has 1 aromatic carbocycles. The fraction of sp³-hybridized carbons (Fsp3) is 0.455.